The summed E-state index contributed by atoms with van der Waals surface area (Å²) in [6.45, 7) is 3.35. The lowest BCUT2D eigenvalue weighted by molar-refractivity contribution is 0.226. The van der Waals surface area contributed by atoms with Crippen LogP contribution in [0.3, 0.4) is 0 Å². The number of hydrogen-bond donors (Lipinski definition) is 1. The summed E-state index contributed by atoms with van der Waals surface area (Å²) in [6, 6.07) is 9.93. The molecule has 0 aliphatic carbocycles. The van der Waals surface area contributed by atoms with Gasteiger partial charge in [-0.05, 0) is 51.0 Å². The molecular formula is C14H19N3. The van der Waals surface area contributed by atoms with E-state index in [0.717, 1.165) is 23.7 Å². The first-order chi connectivity index (χ1) is 8.29. The summed E-state index contributed by atoms with van der Waals surface area (Å²) in [5.74, 6) is 0.734. The van der Waals surface area contributed by atoms with E-state index < -0.39 is 0 Å². The quantitative estimate of drug-likeness (QED) is 0.864. The molecule has 0 atom stereocenters. The van der Waals surface area contributed by atoms with E-state index in [0.29, 0.717) is 0 Å². The number of anilines is 1. The number of nitrogens with one attached hydrogen (secondary N) is 1. The molecule has 1 fully saturated rings. The normalized spacial score (nSPS) is 17.6. The van der Waals surface area contributed by atoms with Gasteiger partial charge in [-0.25, -0.2) is 0 Å². The largest absolute Gasteiger partial charge is 0.384 e. The van der Waals surface area contributed by atoms with E-state index >= 15 is 0 Å². The Hall–Kier alpha value is -1.53. The first-order valence-electron chi connectivity index (χ1n) is 6.21. The molecule has 3 heteroatoms. The van der Waals surface area contributed by atoms with Crippen LogP contribution in [0, 0.1) is 17.2 Å². The second kappa shape index (κ2) is 5.70. The molecule has 17 heavy (non-hydrogen) atoms. The summed E-state index contributed by atoms with van der Waals surface area (Å²) in [7, 11) is 2.18. The number of nitriles is 1. The summed E-state index contributed by atoms with van der Waals surface area (Å²) in [4.78, 5) is 2.37. The zero-order valence-electron chi connectivity index (χ0n) is 10.3. The van der Waals surface area contributed by atoms with Crippen molar-refractivity contribution in [3.63, 3.8) is 0 Å². The van der Waals surface area contributed by atoms with Crippen molar-refractivity contribution in [2.75, 3.05) is 32.0 Å². The van der Waals surface area contributed by atoms with Crippen LogP contribution in [-0.4, -0.2) is 31.6 Å². The van der Waals surface area contributed by atoms with Crippen molar-refractivity contribution in [2.24, 2.45) is 5.92 Å². The third kappa shape index (κ3) is 3.21. The Bertz CT molecular complexity index is 400. The molecule has 1 aromatic rings. The van der Waals surface area contributed by atoms with E-state index in [1.807, 2.05) is 24.3 Å². The monoisotopic (exact) mass is 229 g/mol. The first kappa shape index (κ1) is 11.9. The molecule has 2 rings (SSSR count). The average molecular weight is 229 g/mol. The summed E-state index contributed by atoms with van der Waals surface area (Å²) < 4.78 is 0. The van der Waals surface area contributed by atoms with Crippen molar-refractivity contribution in [2.45, 2.75) is 12.8 Å². The molecule has 0 spiro atoms. The Kier molecular flexibility index (Phi) is 4.00. The Balaban J connectivity index is 1.88. The van der Waals surface area contributed by atoms with Gasteiger partial charge in [0.2, 0.25) is 0 Å². The van der Waals surface area contributed by atoms with E-state index in [-0.39, 0.29) is 0 Å². The van der Waals surface area contributed by atoms with Gasteiger partial charge in [0.05, 0.1) is 11.3 Å². The number of piperidine rings is 1. The molecule has 3 nitrogen and oxygen atoms in total. The third-order valence-corrected chi connectivity index (χ3v) is 3.47. The maximum atomic E-state index is 8.99. The number of likely N-dealkylation sites (tertiary alicyclic amines) is 1. The molecule has 0 amide bonds. The number of hydrogen-bond acceptors (Lipinski definition) is 3. The Morgan fingerprint density at radius 2 is 2.06 bits per heavy atom. The standard InChI is InChI=1S/C14H19N3/c1-17-8-6-12(7-9-17)11-16-14-5-3-2-4-13(14)10-15/h2-5,12,16H,6-9,11H2,1H3. The van der Waals surface area contributed by atoms with Crippen molar-refractivity contribution in [3.05, 3.63) is 29.8 Å². The van der Waals surface area contributed by atoms with Gasteiger partial charge >= 0.3 is 0 Å². The van der Waals surface area contributed by atoms with Gasteiger partial charge < -0.3 is 10.2 Å². The minimum Gasteiger partial charge on any atom is -0.384 e. The van der Waals surface area contributed by atoms with E-state index in [2.05, 4.69) is 23.3 Å². The molecule has 0 radical (unpaired) electrons. The van der Waals surface area contributed by atoms with Crippen LogP contribution in [0.4, 0.5) is 5.69 Å². The molecule has 1 aliphatic rings. The Morgan fingerprint density at radius 3 is 2.76 bits per heavy atom. The van der Waals surface area contributed by atoms with Gasteiger partial charge in [-0.15, -0.1) is 0 Å². The van der Waals surface area contributed by atoms with Crippen LogP contribution < -0.4 is 5.32 Å². The molecule has 0 saturated carbocycles. The van der Waals surface area contributed by atoms with Gasteiger partial charge in [-0.1, -0.05) is 12.1 Å². The molecule has 1 N–H and O–H groups in total. The van der Waals surface area contributed by atoms with Crippen molar-refractivity contribution in [1.82, 2.24) is 4.90 Å². The fourth-order valence-electron chi connectivity index (χ4n) is 2.26. The highest BCUT2D eigenvalue weighted by Crippen LogP contribution is 2.19. The molecule has 0 bridgehead atoms. The summed E-state index contributed by atoms with van der Waals surface area (Å²) in [5.41, 5.74) is 1.70. The van der Waals surface area contributed by atoms with Crippen LogP contribution in [0.25, 0.3) is 0 Å². The highest BCUT2D eigenvalue weighted by atomic mass is 15.1. The molecule has 1 saturated heterocycles. The van der Waals surface area contributed by atoms with Crippen molar-refractivity contribution < 1.29 is 0 Å². The van der Waals surface area contributed by atoms with Crippen LogP contribution >= 0.6 is 0 Å². The average Bonchev–Trinajstić information content (AvgIpc) is 2.38. The van der Waals surface area contributed by atoms with Crippen LogP contribution in [0.5, 0.6) is 0 Å². The maximum Gasteiger partial charge on any atom is 0.101 e. The zero-order valence-corrected chi connectivity index (χ0v) is 10.3. The number of para-hydroxylation sites is 1. The van der Waals surface area contributed by atoms with Gasteiger partial charge in [0.1, 0.15) is 6.07 Å². The van der Waals surface area contributed by atoms with Gasteiger partial charge in [-0.2, -0.15) is 5.26 Å². The molecule has 1 aliphatic heterocycles. The number of nitrogens with zero attached hydrogens (tertiary/aromatic N) is 2. The fourth-order valence-corrected chi connectivity index (χ4v) is 2.26. The molecule has 90 valence electrons. The highest BCUT2D eigenvalue weighted by Gasteiger charge is 2.16. The molecule has 1 aromatic carbocycles. The van der Waals surface area contributed by atoms with Gasteiger partial charge in [0, 0.05) is 6.54 Å². The van der Waals surface area contributed by atoms with Crippen LogP contribution in [0.15, 0.2) is 24.3 Å². The van der Waals surface area contributed by atoms with Crippen molar-refractivity contribution in [3.8, 4) is 6.07 Å². The van der Waals surface area contributed by atoms with Crippen LogP contribution in [-0.2, 0) is 0 Å². The lowest BCUT2D eigenvalue weighted by Crippen LogP contribution is -2.33. The van der Waals surface area contributed by atoms with Gasteiger partial charge in [-0.3, -0.25) is 0 Å². The van der Waals surface area contributed by atoms with Gasteiger partial charge in [0.25, 0.3) is 0 Å². The van der Waals surface area contributed by atoms with Crippen molar-refractivity contribution >= 4 is 5.69 Å². The minimum atomic E-state index is 0.734. The molecule has 1 heterocycles. The Labute approximate surface area is 103 Å². The van der Waals surface area contributed by atoms with E-state index in [9.17, 15) is 0 Å². The number of rotatable bonds is 3. The van der Waals surface area contributed by atoms with E-state index in [1.165, 1.54) is 25.9 Å². The smallest absolute Gasteiger partial charge is 0.101 e. The topological polar surface area (TPSA) is 39.1 Å². The summed E-state index contributed by atoms with van der Waals surface area (Å²) >= 11 is 0. The predicted octanol–water partition coefficient (Wildman–Crippen LogP) is 2.31. The SMILES string of the molecule is CN1CCC(CNc2ccccc2C#N)CC1. The number of benzene rings is 1. The summed E-state index contributed by atoms with van der Waals surface area (Å²) in [5, 5.41) is 12.4. The lowest BCUT2D eigenvalue weighted by atomic mass is 9.97. The lowest BCUT2D eigenvalue weighted by Gasteiger charge is -2.29. The summed E-state index contributed by atoms with van der Waals surface area (Å²) in [6.07, 6.45) is 2.50. The fraction of sp³-hybridized carbons (Fsp3) is 0.500. The second-order valence-corrected chi connectivity index (χ2v) is 4.78. The van der Waals surface area contributed by atoms with Crippen molar-refractivity contribution in [1.29, 1.82) is 5.26 Å². The molecule has 0 unspecified atom stereocenters. The predicted molar refractivity (Wildman–Crippen MR) is 69.9 cm³/mol. The third-order valence-electron chi connectivity index (χ3n) is 3.47. The molecular weight excluding hydrogens is 210 g/mol. The van der Waals surface area contributed by atoms with E-state index in [1.54, 1.807) is 0 Å². The van der Waals surface area contributed by atoms with Crippen LogP contribution in [0.1, 0.15) is 18.4 Å². The van der Waals surface area contributed by atoms with Crippen LogP contribution in [0.2, 0.25) is 0 Å². The molecule has 0 aromatic heterocycles. The maximum absolute atomic E-state index is 8.99. The first-order valence-corrected chi connectivity index (χ1v) is 6.21. The van der Waals surface area contributed by atoms with Gasteiger partial charge in [0.15, 0.2) is 0 Å². The highest BCUT2D eigenvalue weighted by molar-refractivity contribution is 5.57. The zero-order chi connectivity index (χ0) is 12.1. The second-order valence-electron chi connectivity index (χ2n) is 4.78. The minimum absolute atomic E-state index is 0.734. The Morgan fingerprint density at radius 1 is 1.35 bits per heavy atom. The van der Waals surface area contributed by atoms with E-state index in [4.69, 9.17) is 5.26 Å².